The molecule has 1 aromatic carbocycles. The van der Waals surface area contributed by atoms with Crippen LogP contribution in [0.1, 0.15) is 34.7 Å². The molecule has 6 nitrogen and oxygen atoms in total. The average molecular weight is 454 g/mol. The van der Waals surface area contributed by atoms with Crippen molar-refractivity contribution >= 4 is 27.3 Å². The molecule has 0 radical (unpaired) electrons. The first-order chi connectivity index (χ1) is 15.3. The van der Waals surface area contributed by atoms with E-state index in [9.17, 15) is 14.0 Å². The molecule has 0 fully saturated rings. The van der Waals surface area contributed by atoms with Crippen molar-refractivity contribution in [2.24, 2.45) is 0 Å². The minimum atomic E-state index is -0.341. The molecule has 0 N–H and O–H groups in total. The third kappa shape index (κ3) is 3.91. The summed E-state index contributed by atoms with van der Waals surface area (Å²) in [6, 6.07) is 7.93. The Bertz CT molecular complexity index is 1350. The van der Waals surface area contributed by atoms with Crippen LogP contribution in [0, 0.1) is 19.7 Å². The van der Waals surface area contributed by atoms with E-state index >= 15 is 0 Å². The molecule has 0 amide bonds. The van der Waals surface area contributed by atoms with Gasteiger partial charge in [0.1, 0.15) is 10.6 Å². The zero-order valence-electron chi connectivity index (χ0n) is 18.4. The van der Waals surface area contributed by atoms with Gasteiger partial charge in [0.05, 0.1) is 30.9 Å². The van der Waals surface area contributed by atoms with E-state index in [1.807, 2.05) is 32.2 Å². The molecule has 0 aliphatic carbocycles. The number of rotatable bonds is 7. The lowest BCUT2D eigenvalue weighted by Gasteiger charge is -2.17. The van der Waals surface area contributed by atoms with Gasteiger partial charge in [-0.3, -0.25) is 14.2 Å². The lowest BCUT2D eigenvalue weighted by atomic mass is 10.1. The molecule has 0 saturated heterocycles. The Morgan fingerprint density at radius 1 is 1.25 bits per heavy atom. The van der Waals surface area contributed by atoms with Gasteiger partial charge in [-0.1, -0.05) is 12.1 Å². The lowest BCUT2D eigenvalue weighted by molar-refractivity contribution is 0.0969. The number of ether oxygens (including phenoxy) is 1. The molecule has 0 aliphatic heterocycles. The molecular weight excluding hydrogens is 429 g/mol. The van der Waals surface area contributed by atoms with Crippen molar-refractivity contribution in [2.75, 3.05) is 13.7 Å². The van der Waals surface area contributed by atoms with Crippen molar-refractivity contribution in [1.29, 1.82) is 0 Å². The predicted octanol–water partition coefficient (Wildman–Crippen LogP) is 4.77. The summed E-state index contributed by atoms with van der Waals surface area (Å²) in [7, 11) is 1.65. The molecule has 3 aromatic heterocycles. The van der Waals surface area contributed by atoms with Gasteiger partial charge in [0.2, 0.25) is 0 Å². The number of carbonyl (C=O) groups excluding carboxylic acids is 1. The molecule has 4 aromatic rings. The summed E-state index contributed by atoms with van der Waals surface area (Å²) in [6.45, 7) is 6.32. The highest BCUT2D eigenvalue weighted by Crippen LogP contribution is 2.30. The van der Waals surface area contributed by atoms with Crippen molar-refractivity contribution in [3.63, 3.8) is 0 Å². The van der Waals surface area contributed by atoms with Crippen molar-refractivity contribution < 1.29 is 13.9 Å². The fourth-order valence-corrected chi connectivity index (χ4v) is 5.12. The summed E-state index contributed by atoms with van der Waals surface area (Å²) in [5.74, 6) is -0.498. The van der Waals surface area contributed by atoms with E-state index in [4.69, 9.17) is 4.74 Å². The Labute approximate surface area is 188 Å². The second kappa shape index (κ2) is 8.80. The Hall–Kier alpha value is -3.10. The molecule has 3 heterocycles. The molecule has 0 saturated carbocycles. The molecule has 1 unspecified atom stereocenters. The van der Waals surface area contributed by atoms with E-state index in [0.29, 0.717) is 28.0 Å². The van der Waals surface area contributed by atoms with Gasteiger partial charge in [-0.15, -0.1) is 11.3 Å². The maximum atomic E-state index is 13.3. The number of carbonyl (C=O) groups is 1. The van der Waals surface area contributed by atoms with E-state index in [-0.39, 0.29) is 29.7 Å². The third-order valence-corrected chi connectivity index (χ3v) is 6.55. The first-order valence-electron chi connectivity index (χ1n) is 10.2. The monoisotopic (exact) mass is 453 g/mol. The van der Waals surface area contributed by atoms with E-state index in [1.165, 1.54) is 34.4 Å². The number of ketones is 1. The highest BCUT2D eigenvalue weighted by Gasteiger charge is 2.20. The summed E-state index contributed by atoms with van der Waals surface area (Å²) in [5, 5.41) is 2.28. The van der Waals surface area contributed by atoms with Crippen molar-refractivity contribution in [3.8, 4) is 11.1 Å². The second-order valence-corrected chi connectivity index (χ2v) is 8.75. The highest BCUT2D eigenvalue weighted by atomic mass is 32.1. The number of benzene rings is 1. The third-order valence-electron chi connectivity index (χ3n) is 5.66. The van der Waals surface area contributed by atoms with E-state index < -0.39 is 0 Å². The van der Waals surface area contributed by atoms with Gasteiger partial charge < -0.3 is 9.30 Å². The minimum absolute atomic E-state index is 0.0892. The Kier molecular flexibility index (Phi) is 6.08. The Balaban J connectivity index is 1.70. The predicted molar refractivity (Wildman–Crippen MR) is 124 cm³/mol. The normalized spacial score (nSPS) is 12.4. The van der Waals surface area contributed by atoms with Crippen LogP contribution in [0.2, 0.25) is 0 Å². The summed E-state index contributed by atoms with van der Waals surface area (Å²) in [4.78, 5) is 31.3. The number of hydrogen-bond acceptors (Lipinski definition) is 5. The Morgan fingerprint density at radius 3 is 2.66 bits per heavy atom. The molecule has 166 valence electrons. The highest BCUT2D eigenvalue weighted by molar-refractivity contribution is 7.17. The van der Waals surface area contributed by atoms with Crippen LogP contribution >= 0.6 is 11.3 Å². The molecule has 1 atom stereocenters. The van der Waals surface area contributed by atoms with Crippen LogP contribution in [-0.2, 0) is 11.3 Å². The first kappa shape index (κ1) is 22.1. The first-order valence-corrected chi connectivity index (χ1v) is 11.1. The fraction of sp³-hybridized carbons (Fsp3) is 0.292. The summed E-state index contributed by atoms with van der Waals surface area (Å²) in [6.07, 6.45) is 1.42. The van der Waals surface area contributed by atoms with Crippen LogP contribution < -0.4 is 5.56 Å². The number of thiophene rings is 1. The lowest BCUT2D eigenvalue weighted by Crippen LogP contribution is -2.25. The number of fused-ring (bicyclic) bond motifs is 1. The van der Waals surface area contributed by atoms with Gasteiger partial charge in [0.25, 0.3) is 5.56 Å². The van der Waals surface area contributed by atoms with Crippen molar-refractivity contribution in [2.45, 2.75) is 33.4 Å². The minimum Gasteiger partial charge on any atom is -0.383 e. The molecule has 0 aliphatic rings. The van der Waals surface area contributed by atoms with E-state index in [1.54, 1.807) is 19.2 Å². The zero-order chi connectivity index (χ0) is 23.0. The Morgan fingerprint density at radius 2 is 1.97 bits per heavy atom. The van der Waals surface area contributed by atoms with Crippen LogP contribution in [0.25, 0.3) is 21.3 Å². The van der Waals surface area contributed by atoms with E-state index in [0.717, 1.165) is 17.0 Å². The smallest absolute Gasteiger partial charge is 0.263 e. The van der Waals surface area contributed by atoms with Gasteiger partial charge in [0.15, 0.2) is 5.78 Å². The van der Waals surface area contributed by atoms with Gasteiger partial charge in [-0.05, 0) is 44.5 Å². The van der Waals surface area contributed by atoms with Gasteiger partial charge in [0, 0.05) is 35.0 Å². The summed E-state index contributed by atoms with van der Waals surface area (Å²) < 4.78 is 22.0. The zero-order valence-corrected chi connectivity index (χ0v) is 19.2. The number of hydrogen-bond donors (Lipinski definition) is 0. The van der Waals surface area contributed by atoms with E-state index in [2.05, 4.69) is 9.55 Å². The maximum absolute atomic E-state index is 13.3. The molecule has 32 heavy (non-hydrogen) atoms. The van der Waals surface area contributed by atoms with Gasteiger partial charge >= 0.3 is 0 Å². The molecule has 4 rings (SSSR count). The quantitative estimate of drug-likeness (QED) is 0.378. The van der Waals surface area contributed by atoms with Crippen LogP contribution in [0.4, 0.5) is 4.39 Å². The van der Waals surface area contributed by atoms with Crippen molar-refractivity contribution in [1.82, 2.24) is 14.1 Å². The van der Waals surface area contributed by atoms with Crippen molar-refractivity contribution in [3.05, 3.63) is 75.2 Å². The maximum Gasteiger partial charge on any atom is 0.263 e. The molecule has 0 spiro atoms. The second-order valence-electron chi connectivity index (χ2n) is 7.90. The van der Waals surface area contributed by atoms with Crippen LogP contribution in [0.3, 0.4) is 0 Å². The number of nitrogens with zero attached hydrogens (tertiary/aromatic N) is 3. The summed E-state index contributed by atoms with van der Waals surface area (Å²) in [5.41, 5.74) is 3.54. The van der Waals surface area contributed by atoms with Gasteiger partial charge in [-0.2, -0.15) is 0 Å². The SMILES string of the molecule is COCC(C)n1c(C)cc(C(=O)Cn2cnc3scc(-c4ccc(F)cc4)c3c2=O)c1C. The van der Waals surface area contributed by atoms with Crippen LogP contribution in [0.15, 0.2) is 46.8 Å². The average Bonchev–Trinajstić information content (AvgIpc) is 3.32. The summed E-state index contributed by atoms with van der Waals surface area (Å²) >= 11 is 1.35. The number of methoxy groups -OCH3 is 1. The molecule has 0 bridgehead atoms. The number of Topliss-reactive ketones (excluding diaryl/α,β-unsaturated/α-hetero) is 1. The molecule has 8 heteroatoms. The van der Waals surface area contributed by atoms with Crippen LogP contribution in [-0.4, -0.2) is 33.6 Å². The topological polar surface area (TPSA) is 66.1 Å². The molecular formula is C24H24FN3O3S. The standard InChI is InChI=1S/C24H24FN3O3S/c1-14-9-19(16(3)28(14)15(2)11-31-4)21(29)10-27-13-26-23-22(24(27)30)20(12-32-23)17-5-7-18(25)8-6-17/h5-9,12-13,15H,10-11H2,1-4H3. The largest absolute Gasteiger partial charge is 0.383 e. The fourth-order valence-electron chi connectivity index (χ4n) is 4.22. The number of aromatic nitrogens is 3. The number of halogens is 1. The van der Waals surface area contributed by atoms with Gasteiger partial charge in [-0.25, -0.2) is 9.37 Å². The number of aryl methyl sites for hydroxylation is 1. The van der Waals surface area contributed by atoms with Crippen LogP contribution in [0.5, 0.6) is 0 Å².